The summed E-state index contributed by atoms with van der Waals surface area (Å²) in [6, 6.07) is 0. The van der Waals surface area contributed by atoms with Crippen molar-refractivity contribution in [2.24, 2.45) is 0 Å². The molecule has 0 aliphatic heterocycles. The van der Waals surface area contributed by atoms with Crippen LogP contribution in [0.1, 0.15) is 0 Å². The predicted molar refractivity (Wildman–Crippen MR) is 52.0 cm³/mol. The molecule has 0 amide bonds. The third-order valence-electron chi connectivity index (χ3n) is 0. The molecule has 0 aromatic carbocycles. The second-order valence-corrected chi connectivity index (χ2v) is 35.4. The van der Waals surface area contributed by atoms with Gasteiger partial charge in [0.15, 0.2) is 7.12 Å². The highest BCUT2D eigenvalue weighted by molar-refractivity contribution is 10.3. The first-order valence-electron chi connectivity index (χ1n) is 1.52. The van der Waals surface area contributed by atoms with E-state index in [1.54, 1.807) is 0 Å². The minimum absolute atomic E-state index is 1.88. The molecule has 0 bridgehead atoms. The van der Waals surface area contributed by atoms with Gasteiger partial charge in [-0.15, -0.1) is 0 Å². The Labute approximate surface area is 67.0 Å². The van der Waals surface area contributed by atoms with E-state index in [-0.39, 0.29) is 0 Å². The molecule has 5 heteroatoms. The van der Waals surface area contributed by atoms with Gasteiger partial charge >= 0.3 is 0 Å². The zero-order chi connectivity index (χ0) is 6.41. The van der Waals surface area contributed by atoms with Gasteiger partial charge in [-0.3, -0.25) is 0 Å². The first-order chi connectivity index (χ1) is 2.45. The van der Waals surface area contributed by atoms with Crippen LogP contribution in [0.3, 0.4) is 0 Å². The minimum atomic E-state index is -2.53. The molecule has 0 aromatic rings. The SMILES string of the molecule is [B]S(C)(C)(Br)(Br)Br. The summed E-state index contributed by atoms with van der Waals surface area (Å²) >= 11 is 9.94. The van der Waals surface area contributed by atoms with Gasteiger partial charge in [-0.1, -0.05) is 0 Å². The zero-order valence-corrected chi connectivity index (χ0v) is 9.69. The van der Waals surface area contributed by atoms with Gasteiger partial charge in [-0.05, 0) is 56.9 Å². The van der Waals surface area contributed by atoms with E-state index in [9.17, 15) is 0 Å². The first kappa shape index (κ1) is 8.85. The Hall–Kier alpha value is 1.85. The van der Waals surface area contributed by atoms with Gasteiger partial charge in [0.25, 0.3) is 0 Å². The summed E-state index contributed by atoms with van der Waals surface area (Å²) in [5.41, 5.74) is 0. The molecule has 0 saturated carbocycles. The van der Waals surface area contributed by atoms with E-state index in [0.29, 0.717) is 0 Å². The third kappa shape index (κ3) is 78.3. The molecule has 0 unspecified atom stereocenters. The average Bonchev–Trinajstić information content (AvgIpc) is 0.592. The number of halogens is 3. The van der Waals surface area contributed by atoms with Crippen LogP contribution >= 0.6 is 47.9 Å². The first-order valence-corrected chi connectivity index (χ1v) is 10.4. The molecule has 0 aliphatic carbocycles. The van der Waals surface area contributed by atoms with Gasteiger partial charge in [0.2, 0.25) is 0 Å². The normalized spacial score (nSPS) is 23.0. The fourth-order valence-electron chi connectivity index (χ4n) is 0. The minimum Gasteiger partial charge on any atom is -0.176 e. The van der Waals surface area contributed by atoms with Crippen LogP contribution in [-0.2, 0) is 0 Å². The van der Waals surface area contributed by atoms with Crippen molar-refractivity contribution in [3.05, 3.63) is 0 Å². The van der Waals surface area contributed by atoms with Crippen molar-refractivity contribution in [2.75, 3.05) is 12.5 Å². The maximum Gasteiger partial charge on any atom is 0.158 e. The molecular formula is C2H6BBr3S. The van der Waals surface area contributed by atoms with Crippen LogP contribution in [0.25, 0.3) is 0 Å². The molecule has 0 nitrogen and oxygen atoms in total. The molecule has 0 aliphatic rings. The zero-order valence-electron chi connectivity index (χ0n) is 4.12. The standard InChI is InChI=1S/C2H6BBr3S/c1-7(2,3,4,5)6/h1-2H3. The van der Waals surface area contributed by atoms with Gasteiger partial charge in [-0.25, -0.2) is 0 Å². The van der Waals surface area contributed by atoms with Crippen LogP contribution in [0.4, 0.5) is 0 Å². The molecule has 0 N–H and O–H groups in total. The summed E-state index contributed by atoms with van der Waals surface area (Å²) in [7, 11) is 5.71. The molecule has 0 rings (SSSR count). The molecule has 0 atom stereocenters. The smallest absolute Gasteiger partial charge is 0.158 e. The van der Waals surface area contributed by atoms with Gasteiger partial charge in [0.1, 0.15) is 0 Å². The number of rotatable bonds is 0. The molecule has 0 saturated heterocycles. The van der Waals surface area contributed by atoms with E-state index >= 15 is 0 Å². The Kier molecular flexibility index (Phi) is 1.64. The van der Waals surface area contributed by atoms with Crippen molar-refractivity contribution in [1.82, 2.24) is 0 Å². The molecule has 44 valence electrons. The van der Waals surface area contributed by atoms with Crippen molar-refractivity contribution < 1.29 is 0 Å². The monoisotopic (exact) mass is 310 g/mol. The number of hydrogen-bond acceptors (Lipinski definition) is 0. The Morgan fingerprint density at radius 3 is 1.14 bits per heavy atom. The lowest BCUT2D eigenvalue weighted by atomic mass is 10.8. The highest BCUT2D eigenvalue weighted by Crippen LogP contribution is 2.98. The fraction of sp³-hybridized carbons (Fsp3) is 1.00. The van der Waals surface area contributed by atoms with Crippen LogP contribution in [0.5, 0.6) is 0 Å². The fourth-order valence-corrected chi connectivity index (χ4v) is 0. The molecular weight excluding hydrogens is 307 g/mol. The highest BCUT2D eigenvalue weighted by Gasteiger charge is 2.37. The van der Waals surface area contributed by atoms with Gasteiger partial charge in [0.05, 0.1) is 0 Å². The molecule has 2 radical (unpaired) electrons. The lowest BCUT2D eigenvalue weighted by molar-refractivity contribution is 2.31. The quantitative estimate of drug-likeness (QED) is 0.603. The van der Waals surface area contributed by atoms with Crippen LogP contribution in [-0.4, -0.2) is 19.6 Å². The highest BCUT2D eigenvalue weighted by atomic mass is 80.0. The second-order valence-electron chi connectivity index (χ2n) is 2.25. The van der Waals surface area contributed by atoms with Crippen LogP contribution in [0.2, 0.25) is 0 Å². The summed E-state index contributed by atoms with van der Waals surface area (Å²) in [5, 5.41) is 0. The Morgan fingerprint density at radius 2 is 1.14 bits per heavy atom. The topological polar surface area (TPSA) is 0 Å². The summed E-state index contributed by atoms with van der Waals surface area (Å²) in [6.07, 6.45) is 3.75. The lowest BCUT2D eigenvalue weighted by Gasteiger charge is -2.54. The van der Waals surface area contributed by atoms with E-state index in [0.717, 1.165) is 0 Å². The van der Waals surface area contributed by atoms with Crippen molar-refractivity contribution >= 4 is 55.0 Å². The Bertz CT molecular complexity index is 71.5. The molecule has 0 heterocycles. The van der Waals surface area contributed by atoms with Crippen molar-refractivity contribution in [1.29, 1.82) is 0 Å². The maximum atomic E-state index is 5.71. The summed E-state index contributed by atoms with van der Waals surface area (Å²) in [4.78, 5) is 0. The Morgan fingerprint density at radius 1 is 1.14 bits per heavy atom. The summed E-state index contributed by atoms with van der Waals surface area (Å²) < 4.78 is -2.53. The van der Waals surface area contributed by atoms with E-state index in [1.807, 2.05) is 12.5 Å². The molecule has 0 fully saturated rings. The van der Waals surface area contributed by atoms with Gasteiger partial charge in [0, 0.05) is 0 Å². The third-order valence-corrected chi connectivity index (χ3v) is 0. The van der Waals surface area contributed by atoms with E-state index in [4.69, 9.17) is 7.12 Å². The van der Waals surface area contributed by atoms with E-state index in [2.05, 4.69) is 44.4 Å². The average molecular weight is 313 g/mol. The maximum absolute atomic E-state index is 5.71. The van der Waals surface area contributed by atoms with Crippen molar-refractivity contribution in [3.63, 3.8) is 0 Å². The van der Waals surface area contributed by atoms with Crippen molar-refractivity contribution in [3.8, 4) is 0 Å². The van der Waals surface area contributed by atoms with E-state index < -0.39 is 3.45 Å². The molecule has 0 spiro atoms. The van der Waals surface area contributed by atoms with Crippen molar-refractivity contribution in [2.45, 2.75) is 0 Å². The lowest BCUT2D eigenvalue weighted by Crippen LogP contribution is -2.06. The molecule has 0 aromatic heterocycles. The summed E-state index contributed by atoms with van der Waals surface area (Å²) in [5.74, 6) is 0. The van der Waals surface area contributed by atoms with Crippen LogP contribution in [0.15, 0.2) is 0 Å². The van der Waals surface area contributed by atoms with E-state index in [1.165, 1.54) is 0 Å². The van der Waals surface area contributed by atoms with Crippen LogP contribution in [0, 0.1) is 0 Å². The Balaban J connectivity index is 4.43. The van der Waals surface area contributed by atoms with Gasteiger partial charge < -0.3 is 0 Å². The van der Waals surface area contributed by atoms with Gasteiger partial charge in [-0.2, -0.15) is 3.45 Å². The molecule has 7 heavy (non-hydrogen) atoms. The second kappa shape index (κ2) is 1.30. The number of hydrogen-bond donors (Lipinski definition) is 0. The van der Waals surface area contributed by atoms with Crippen LogP contribution < -0.4 is 0 Å². The predicted octanol–water partition coefficient (Wildman–Crippen LogP) is 3.14. The largest absolute Gasteiger partial charge is 0.176 e. The summed E-state index contributed by atoms with van der Waals surface area (Å²) in [6.45, 7) is 0.